The molecule has 0 aliphatic heterocycles. The molecular formula is C9H17NO2. The summed E-state index contributed by atoms with van der Waals surface area (Å²) in [5.74, 6) is -0.825. The van der Waals surface area contributed by atoms with Crippen LogP contribution in [-0.4, -0.2) is 36.1 Å². The van der Waals surface area contributed by atoms with E-state index in [0.717, 1.165) is 19.5 Å². The van der Waals surface area contributed by atoms with E-state index in [2.05, 4.69) is 11.8 Å². The van der Waals surface area contributed by atoms with Crippen molar-refractivity contribution in [3.63, 3.8) is 0 Å². The van der Waals surface area contributed by atoms with Crippen LogP contribution in [0.3, 0.4) is 0 Å². The molecule has 0 heterocycles. The van der Waals surface area contributed by atoms with E-state index in [0.29, 0.717) is 5.57 Å². The van der Waals surface area contributed by atoms with Gasteiger partial charge in [-0.3, -0.25) is 0 Å². The molecule has 0 atom stereocenters. The fraction of sp³-hybridized carbons (Fsp3) is 0.667. The molecule has 0 aliphatic rings. The zero-order chi connectivity index (χ0) is 9.56. The van der Waals surface area contributed by atoms with Crippen LogP contribution in [0.15, 0.2) is 11.6 Å². The van der Waals surface area contributed by atoms with Crippen molar-refractivity contribution >= 4 is 5.97 Å². The number of aliphatic carboxylic acids is 1. The van der Waals surface area contributed by atoms with Crippen molar-refractivity contribution in [2.45, 2.75) is 20.3 Å². The first-order valence-electron chi connectivity index (χ1n) is 4.16. The van der Waals surface area contributed by atoms with E-state index < -0.39 is 5.97 Å². The molecule has 0 radical (unpaired) electrons. The topological polar surface area (TPSA) is 40.5 Å². The first kappa shape index (κ1) is 11.2. The molecule has 0 saturated heterocycles. The molecule has 0 unspecified atom stereocenters. The Labute approximate surface area is 73.7 Å². The molecule has 1 N–H and O–H groups in total. The van der Waals surface area contributed by atoms with Gasteiger partial charge in [-0.1, -0.05) is 13.0 Å². The highest BCUT2D eigenvalue weighted by Crippen LogP contribution is 1.96. The minimum atomic E-state index is -0.825. The van der Waals surface area contributed by atoms with Gasteiger partial charge in [-0.15, -0.1) is 0 Å². The Morgan fingerprint density at radius 3 is 2.58 bits per heavy atom. The minimum Gasteiger partial charge on any atom is -0.478 e. The van der Waals surface area contributed by atoms with E-state index >= 15 is 0 Å². The largest absolute Gasteiger partial charge is 0.478 e. The van der Waals surface area contributed by atoms with Crippen molar-refractivity contribution in [2.75, 3.05) is 20.1 Å². The van der Waals surface area contributed by atoms with Crippen LogP contribution in [0.4, 0.5) is 0 Å². The summed E-state index contributed by atoms with van der Waals surface area (Å²) in [5, 5.41) is 8.52. The molecule has 0 saturated carbocycles. The van der Waals surface area contributed by atoms with Crippen molar-refractivity contribution in [1.82, 2.24) is 4.90 Å². The van der Waals surface area contributed by atoms with E-state index in [-0.39, 0.29) is 0 Å². The van der Waals surface area contributed by atoms with Crippen molar-refractivity contribution in [3.05, 3.63) is 11.6 Å². The maximum absolute atomic E-state index is 10.4. The van der Waals surface area contributed by atoms with Gasteiger partial charge in [0, 0.05) is 12.1 Å². The van der Waals surface area contributed by atoms with E-state index in [9.17, 15) is 4.79 Å². The first-order valence-corrected chi connectivity index (χ1v) is 4.16. The molecule has 70 valence electrons. The summed E-state index contributed by atoms with van der Waals surface area (Å²) < 4.78 is 0. The van der Waals surface area contributed by atoms with Crippen molar-refractivity contribution in [3.8, 4) is 0 Å². The molecule has 3 nitrogen and oxygen atoms in total. The third kappa shape index (κ3) is 4.91. The Morgan fingerprint density at radius 2 is 2.17 bits per heavy atom. The molecular weight excluding hydrogens is 154 g/mol. The van der Waals surface area contributed by atoms with Gasteiger partial charge < -0.3 is 10.0 Å². The summed E-state index contributed by atoms with van der Waals surface area (Å²) in [6.07, 6.45) is 2.57. The van der Waals surface area contributed by atoms with Crippen LogP contribution in [0.5, 0.6) is 0 Å². The molecule has 0 fully saturated rings. The summed E-state index contributed by atoms with van der Waals surface area (Å²) in [6.45, 7) is 5.61. The van der Waals surface area contributed by atoms with Crippen LogP contribution in [0, 0.1) is 0 Å². The summed E-state index contributed by atoms with van der Waals surface area (Å²) >= 11 is 0. The van der Waals surface area contributed by atoms with Gasteiger partial charge in [0.15, 0.2) is 0 Å². The number of carboxylic acids is 1. The number of rotatable bonds is 5. The summed E-state index contributed by atoms with van der Waals surface area (Å²) in [7, 11) is 2.02. The molecule has 0 rings (SSSR count). The highest BCUT2D eigenvalue weighted by atomic mass is 16.4. The fourth-order valence-corrected chi connectivity index (χ4v) is 0.747. The number of hydrogen-bond acceptors (Lipinski definition) is 2. The summed E-state index contributed by atoms with van der Waals surface area (Å²) in [6, 6.07) is 0. The van der Waals surface area contributed by atoms with Crippen LogP contribution in [0.2, 0.25) is 0 Å². The normalized spacial score (nSPS) is 12.2. The van der Waals surface area contributed by atoms with Crippen molar-refractivity contribution < 1.29 is 9.90 Å². The van der Waals surface area contributed by atoms with Crippen molar-refractivity contribution in [2.24, 2.45) is 0 Å². The zero-order valence-electron chi connectivity index (χ0n) is 8.00. The Bertz CT molecular complexity index is 175. The summed E-state index contributed by atoms with van der Waals surface area (Å²) in [5.41, 5.74) is 0.430. The van der Waals surface area contributed by atoms with E-state index in [1.165, 1.54) is 0 Å². The van der Waals surface area contributed by atoms with Crippen LogP contribution >= 0.6 is 0 Å². The van der Waals surface area contributed by atoms with Crippen LogP contribution in [-0.2, 0) is 4.79 Å². The summed E-state index contributed by atoms with van der Waals surface area (Å²) in [4.78, 5) is 12.5. The van der Waals surface area contributed by atoms with Crippen LogP contribution in [0.1, 0.15) is 20.3 Å². The van der Waals surface area contributed by atoms with E-state index in [1.807, 2.05) is 7.05 Å². The first-order chi connectivity index (χ1) is 5.57. The van der Waals surface area contributed by atoms with Gasteiger partial charge >= 0.3 is 5.97 Å². The lowest BCUT2D eigenvalue weighted by molar-refractivity contribution is -0.132. The minimum absolute atomic E-state index is 0.430. The molecule has 0 amide bonds. The SMILES string of the molecule is CCN(C)CCC=C(C)C(=O)O. The Kier molecular flexibility index (Phi) is 5.37. The molecule has 3 heteroatoms. The Balaban J connectivity index is 3.67. The second-order valence-corrected chi connectivity index (χ2v) is 2.88. The van der Waals surface area contributed by atoms with E-state index in [4.69, 9.17) is 5.11 Å². The highest BCUT2D eigenvalue weighted by molar-refractivity contribution is 5.85. The second-order valence-electron chi connectivity index (χ2n) is 2.88. The quantitative estimate of drug-likeness (QED) is 0.635. The predicted octanol–water partition coefficient (Wildman–Crippen LogP) is 1.36. The molecule has 0 bridgehead atoms. The standard InChI is InChI=1S/C9H17NO2/c1-4-10(3)7-5-6-8(2)9(11)12/h6H,4-5,7H2,1-3H3,(H,11,12). The lowest BCUT2D eigenvalue weighted by Gasteiger charge is -2.11. The zero-order valence-corrected chi connectivity index (χ0v) is 8.00. The van der Waals surface area contributed by atoms with Gasteiger partial charge in [0.25, 0.3) is 0 Å². The number of carboxylic acid groups (broad SMARTS) is 1. The lowest BCUT2D eigenvalue weighted by Crippen LogP contribution is -2.18. The number of nitrogens with zero attached hydrogens (tertiary/aromatic N) is 1. The number of carbonyl (C=O) groups is 1. The third-order valence-corrected chi connectivity index (χ3v) is 1.84. The second kappa shape index (κ2) is 5.77. The predicted molar refractivity (Wildman–Crippen MR) is 49.2 cm³/mol. The third-order valence-electron chi connectivity index (χ3n) is 1.84. The van der Waals surface area contributed by atoms with Crippen LogP contribution < -0.4 is 0 Å². The maximum atomic E-state index is 10.4. The van der Waals surface area contributed by atoms with Crippen LogP contribution in [0.25, 0.3) is 0 Å². The Hall–Kier alpha value is -0.830. The molecule has 12 heavy (non-hydrogen) atoms. The number of hydrogen-bond donors (Lipinski definition) is 1. The Morgan fingerprint density at radius 1 is 1.58 bits per heavy atom. The van der Waals surface area contributed by atoms with E-state index in [1.54, 1.807) is 13.0 Å². The highest BCUT2D eigenvalue weighted by Gasteiger charge is 1.98. The molecule has 0 spiro atoms. The molecule has 0 aromatic carbocycles. The lowest BCUT2D eigenvalue weighted by atomic mass is 10.2. The fourth-order valence-electron chi connectivity index (χ4n) is 0.747. The van der Waals surface area contributed by atoms with Gasteiger partial charge in [0.1, 0.15) is 0 Å². The average Bonchev–Trinajstić information content (AvgIpc) is 2.03. The van der Waals surface area contributed by atoms with Gasteiger partial charge in [-0.2, -0.15) is 0 Å². The monoisotopic (exact) mass is 171 g/mol. The van der Waals surface area contributed by atoms with Crippen molar-refractivity contribution in [1.29, 1.82) is 0 Å². The van der Waals surface area contributed by atoms with Gasteiger partial charge in [0.05, 0.1) is 0 Å². The van der Waals surface area contributed by atoms with Gasteiger partial charge in [0.2, 0.25) is 0 Å². The average molecular weight is 171 g/mol. The van der Waals surface area contributed by atoms with Gasteiger partial charge in [-0.05, 0) is 26.9 Å². The molecule has 0 aromatic heterocycles. The molecule has 0 aromatic rings. The maximum Gasteiger partial charge on any atom is 0.330 e. The smallest absolute Gasteiger partial charge is 0.330 e. The molecule has 0 aliphatic carbocycles. The van der Waals surface area contributed by atoms with Gasteiger partial charge in [-0.25, -0.2) is 4.79 Å².